The van der Waals surface area contributed by atoms with E-state index in [1.54, 1.807) is 0 Å². The van der Waals surface area contributed by atoms with Gasteiger partial charge in [0.2, 0.25) is 11.8 Å². The lowest BCUT2D eigenvalue weighted by atomic mass is 10.2. The van der Waals surface area contributed by atoms with Crippen LogP contribution in [-0.4, -0.2) is 24.2 Å². The number of amides is 2. The lowest BCUT2D eigenvalue weighted by Gasteiger charge is -2.09. The third-order valence-electron chi connectivity index (χ3n) is 5.42. The van der Waals surface area contributed by atoms with Gasteiger partial charge in [-0.3, -0.25) is 9.59 Å². The molecule has 0 fully saturated rings. The molecule has 8 nitrogen and oxygen atoms in total. The highest BCUT2D eigenvalue weighted by atomic mass is 16.5. The molecule has 0 heterocycles. The standard InChI is InChI=1S/C31H28N4O4/c36-30(34-32-20-26-15-7-9-17-28(26)38-22-24-11-3-1-4-12-24)19-31(37)35-33-21-27-16-8-10-18-29(27)39-23-25-13-5-2-6-14-25/h1-18,20-21H,19,22-23H2,(H,34,36)(H,35,37)/b32-20-,33-21-. The quantitative estimate of drug-likeness (QED) is 0.159. The van der Waals surface area contributed by atoms with Gasteiger partial charge in [0, 0.05) is 11.1 Å². The Labute approximate surface area is 227 Å². The Morgan fingerprint density at radius 3 is 1.38 bits per heavy atom. The summed E-state index contributed by atoms with van der Waals surface area (Å²) in [7, 11) is 0. The maximum absolute atomic E-state index is 12.2. The Balaban J connectivity index is 1.23. The molecule has 2 N–H and O–H groups in total. The number of carbonyl (C=O) groups excluding carboxylic acids is 2. The number of hydrogen-bond acceptors (Lipinski definition) is 6. The Hall–Kier alpha value is -5.24. The third kappa shape index (κ3) is 8.98. The van der Waals surface area contributed by atoms with E-state index in [1.165, 1.54) is 12.4 Å². The van der Waals surface area contributed by atoms with Crippen LogP contribution in [0.15, 0.2) is 119 Å². The fourth-order valence-corrected chi connectivity index (χ4v) is 3.48. The SMILES string of the molecule is O=C(CC(=O)N/N=C\c1ccccc1OCc1ccccc1)N/N=C\c1ccccc1OCc1ccccc1. The smallest absolute Gasteiger partial charge is 0.249 e. The van der Waals surface area contributed by atoms with Gasteiger partial charge in [-0.15, -0.1) is 0 Å². The molecule has 0 aliphatic rings. The van der Waals surface area contributed by atoms with Crippen molar-refractivity contribution < 1.29 is 19.1 Å². The van der Waals surface area contributed by atoms with Crippen LogP contribution in [-0.2, 0) is 22.8 Å². The maximum atomic E-state index is 12.2. The van der Waals surface area contributed by atoms with Crippen LogP contribution in [0.4, 0.5) is 0 Å². The van der Waals surface area contributed by atoms with Crippen molar-refractivity contribution >= 4 is 24.2 Å². The fourth-order valence-electron chi connectivity index (χ4n) is 3.48. The monoisotopic (exact) mass is 520 g/mol. The number of hydrazone groups is 2. The number of benzene rings is 4. The summed E-state index contributed by atoms with van der Waals surface area (Å²) >= 11 is 0. The number of ether oxygens (including phenoxy) is 2. The van der Waals surface area contributed by atoms with E-state index in [-0.39, 0.29) is 0 Å². The first-order valence-corrected chi connectivity index (χ1v) is 12.3. The molecule has 39 heavy (non-hydrogen) atoms. The van der Waals surface area contributed by atoms with Gasteiger partial charge in [-0.25, -0.2) is 10.9 Å². The molecular weight excluding hydrogens is 492 g/mol. The van der Waals surface area contributed by atoms with E-state index in [4.69, 9.17) is 9.47 Å². The summed E-state index contributed by atoms with van der Waals surface area (Å²) in [5.41, 5.74) is 8.16. The number of nitrogens with zero attached hydrogens (tertiary/aromatic N) is 2. The zero-order chi connectivity index (χ0) is 27.1. The molecule has 0 saturated carbocycles. The van der Waals surface area contributed by atoms with E-state index >= 15 is 0 Å². The van der Waals surface area contributed by atoms with Crippen LogP contribution in [0.3, 0.4) is 0 Å². The minimum atomic E-state index is -0.576. The van der Waals surface area contributed by atoms with Crippen molar-refractivity contribution in [2.75, 3.05) is 0 Å². The van der Waals surface area contributed by atoms with Crippen molar-refractivity contribution in [2.24, 2.45) is 10.2 Å². The van der Waals surface area contributed by atoms with Crippen LogP contribution in [0.2, 0.25) is 0 Å². The predicted molar refractivity (Wildman–Crippen MR) is 151 cm³/mol. The summed E-state index contributed by atoms with van der Waals surface area (Å²) in [5, 5.41) is 7.91. The van der Waals surface area contributed by atoms with E-state index in [9.17, 15) is 9.59 Å². The number of rotatable bonds is 12. The van der Waals surface area contributed by atoms with E-state index in [0.29, 0.717) is 35.8 Å². The van der Waals surface area contributed by atoms with Crippen molar-refractivity contribution in [3.63, 3.8) is 0 Å². The Kier molecular flexibility index (Phi) is 9.96. The lowest BCUT2D eigenvalue weighted by molar-refractivity contribution is -0.129. The number of hydrogen-bond donors (Lipinski definition) is 2. The van der Waals surface area contributed by atoms with E-state index in [2.05, 4.69) is 21.1 Å². The first-order chi connectivity index (χ1) is 19.2. The molecule has 4 aromatic rings. The summed E-state index contributed by atoms with van der Waals surface area (Å²) in [6.07, 6.45) is 2.51. The van der Waals surface area contributed by atoms with Crippen molar-refractivity contribution in [1.29, 1.82) is 0 Å². The second-order valence-corrected chi connectivity index (χ2v) is 8.39. The van der Waals surface area contributed by atoms with Crippen molar-refractivity contribution in [1.82, 2.24) is 10.9 Å². The molecule has 0 atom stereocenters. The maximum Gasteiger partial charge on any atom is 0.249 e. The normalized spacial score (nSPS) is 10.9. The van der Waals surface area contributed by atoms with Crippen LogP contribution in [0.1, 0.15) is 28.7 Å². The second kappa shape index (κ2) is 14.5. The highest BCUT2D eigenvalue weighted by Crippen LogP contribution is 2.18. The largest absolute Gasteiger partial charge is 0.488 e. The van der Waals surface area contributed by atoms with Gasteiger partial charge in [0.1, 0.15) is 31.1 Å². The van der Waals surface area contributed by atoms with Gasteiger partial charge in [0.05, 0.1) is 12.4 Å². The molecule has 2 amide bonds. The van der Waals surface area contributed by atoms with Gasteiger partial charge in [-0.2, -0.15) is 10.2 Å². The molecule has 0 saturated heterocycles. The summed E-state index contributed by atoms with van der Waals surface area (Å²) in [5.74, 6) is 0.0976. The summed E-state index contributed by atoms with van der Waals surface area (Å²) in [6, 6.07) is 34.3. The molecule has 0 bridgehead atoms. The van der Waals surface area contributed by atoms with Crippen LogP contribution < -0.4 is 20.3 Å². The van der Waals surface area contributed by atoms with Crippen molar-refractivity contribution in [3.05, 3.63) is 131 Å². The van der Waals surface area contributed by atoms with Crippen molar-refractivity contribution in [2.45, 2.75) is 19.6 Å². The third-order valence-corrected chi connectivity index (χ3v) is 5.42. The van der Waals surface area contributed by atoms with E-state index in [1.807, 2.05) is 109 Å². The van der Waals surface area contributed by atoms with Crippen molar-refractivity contribution in [3.8, 4) is 11.5 Å². The zero-order valence-electron chi connectivity index (χ0n) is 21.2. The van der Waals surface area contributed by atoms with Gasteiger partial charge >= 0.3 is 0 Å². The molecule has 4 rings (SSSR count). The molecule has 0 spiro atoms. The Morgan fingerprint density at radius 1 is 0.564 bits per heavy atom. The first-order valence-electron chi connectivity index (χ1n) is 12.3. The lowest BCUT2D eigenvalue weighted by Crippen LogP contribution is -2.27. The highest BCUT2D eigenvalue weighted by molar-refractivity contribution is 5.97. The minimum Gasteiger partial charge on any atom is -0.488 e. The number of nitrogens with one attached hydrogen (secondary N) is 2. The number of carbonyl (C=O) groups is 2. The second-order valence-electron chi connectivity index (χ2n) is 8.39. The molecule has 0 radical (unpaired) electrons. The molecule has 0 unspecified atom stereocenters. The van der Waals surface area contributed by atoms with Gasteiger partial charge in [-0.1, -0.05) is 84.9 Å². The van der Waals surface area contributed by atoms with Gasteiger partial charge in [0.25, 0.3) is 0 Å². The van der Waals surface area contributed by atoms with Crippen LogP contribution >= 0.6 is 0 Å². The topological polar surface area (TPSA) is 101 Å². The molecule has 8 heteroatoms. The summed E-state index contributed by atoms with van der Waals surface area (Å²) in [6.45, 7) is 0.810. The molecule has 4 aromatic carbocycles. The van der Waals surface area contributed by atoms with Crippen LogP contribution in [0.5, 0.6) is 11.5 Å². The van der Waals surface area contributed by atoms with E-state index in [0.717, 1.165) is 11.1 Å². The van der Waals surface area contributed by atoms with Crippen LogP contribution in [0.25, 0.3) is 0 Å². The highest BCUT2D eigenvalue weighted by Gasteiger charge is 2.08. The fraction of sp³-hybridized carbons (Fsp3) is 0.0968. The molecule has 0 aliphatic carbocycles. The molecule has 196 valence electrons. The summed E-state index contributed by atoms with van der Waals surface area (Å²) < 4.78 is 11.8. The van der Waals surface area contributed by atoms with Gasteiger partial charge in [-0.05, 0) is 35.4 Å². The molecule has 0 aromatic heterocycles. The van der Waals surface area contributed by atoms with Crippen LogP contribution in [0, 0.1) is 0 Å². The molecular formula is C31H28N4O4. The Morgan fingerprint density at radius 2 is 0.949 bits per heavy atom. The number of para-hydroxylation sites is 2. The zero-order valence-corrected chi connectivity index (χ0v) is 21.2. The average Bonchev–Trinajstić information content (AvgIpc) is 2.97. The van der Waals surface area contributed by atoms with Gasteiger partial charge < -0.3 is 9.47 Å². The average molecular weight is 521 g/mol. The Bertz CT molecular complexity index is 1310. The van der Waals surface area contributed by atoms with E-state index < -0.39 is 18.2 Å². The van der Waals surface area contributed by atoms with Gasteiger partial charge in [0.15, 0.2) is 0 Å². The first kappa shape index (κ1) is 26.8. The molecule has 0 aliphatic heterocycles. The predicted octanol–water partition coefficient (Wildman–Crippen LogP) is 4.84. The summed E-state index contributed by atoms with van der Waals surface area (Å²) in [4.78, 5) is 24.3. The minimum absolute atomic E-state index is 0.405.